The molecule has 0 radical (unpaired) electrons. The van der Waals surface area contributed by atoms with E-state index in [2.05, 4.69) is 6.07 Å². The Balaban J connectivity index is 2.15. The summed E-state index contributed by atoms with van der Waals surface area (Å²) in [5.41, 5.74) is 3.01. The largest absolute Gasteiger partial charge is 0.437 e. The van der Waals surface area contributed by atoms with E-state index in [1.165, 1.54) is 5.56 Å². The predicted molar refractivity (Wildman–Crippen MR) is 56.3 cm³/mol. The van der Waals surface area contributed by atoms with Crippen LogP contribution >= 0.6 is 0 Å². The van der Waals surface area contributed by atoms with Gasteiger partial charge in [0, 0.05) is 5.69 Å². The number of para-hydroxylation sites is 1. The number of hydrogen-bond acceptors (Lipinski definition) is 3. The monoisotopic (exact) mass is 201 g/mol. The zero-order valence-corrected chi connectivity index (χ0v) is 8.43. The summed E-state index contributed by atoms with van der Waals surface area (Å²) in [6.45, 7) is 1.89. The van der Waals surface area contributed by atoms with Crippen LogP contribution in [0, 0.1) is 0 Å². The number of allylic oxidation sites excluding steroid dienone is 1. The zero-order chi connectivity index (χ0) is 10.4. The smallest absolute Gasteiger partial charge is 0.356 e. The second-order valence-corrected chi connectivity index (χ2v) is 3.80. The van der Waals surface area contributed by atoms with E-state index in [4.69, 9.17) is 4.74 Å². The number of ether oxygens (including phenoxy) is 1. The SMILES string of the molecule is CC1OC(=O)C2=CCc3ccccc3N21. The van der Waals surface area contributed by atoms with Gasteiger partial charge < -0.3 is 4.74 Å². The van der Waals surface area contributed by atoms with Crippen LogP contribution in [-0.2, 0) is 16.0 Å². The number of fused-ring (bicyclic) bond motifs is 3. The van der Waals surface area contributed by atoms with E-state index >= 15 is 0 Å². The van der Waals surface area contributed by atoms with Gasteiger partial charge in [0.2, 0.25) is 0 Å². The summed E-state index contributed by atoms with van der Waals surface area (Å²) < 4.78 is 5.18. The number of carbonyl (C=O) groups is 1. The topological polar surface area (TPSA) is 29.5 Å². The van der Waals surface area contributed by atoms with Gasteiger partial charge in [-0.2, -0.15) is 0 Å². The molecule has 3 heteroatoms. The van der Waals surface area contributed by atoms with Crippen molar-refractivity contribution in [2.24, 2.45) is 0 Å². The van der Waals surface area contributed by atoms with Crippen LogP contribution in [0.25, 0.3) is 0 Å². The van der Waals surface area contributed by atoms with Gasteiger partial charge in [-0.1, -0.05) is 18.2 Å². The molecule has 0 spiro atoms. The number of esters is 1. The van der Waals surface area contributed by atoms with Crippen LogP contribution in [0.5, 0.6) is 0 Å². The van der Waals surface area contributed by atoms with Gasteiger partial charge in [-0.25, -0.2) is 4.79 Å². The molecule has 1 saturated heterocycles. The number of benzene rings is 1. The van der Waals surface area contributed by atoms with Gasteiger partial charge in [0.1, 0.15) is 5.70 Å². The molecule has 1 fully saturated rings. The molecule has 0 bridgehead atoms. The molecular weight excluding hydrogens is 190 g/mol. The van der Waals surface area contributed by atoms with Gasteiger partial charge in [-0.05, 0) is 31.1 Å². The fourth-order valence-electron chi connectivity index (χ4n) is 2.19. The molecule has 2 aliphatic rings. The molecule has 0 aromatic heterocycles. The third-order valence-corrected chi connectivity index (χ3v) is 2.88. The first-order valence-electron chi connectivity index (χ1n) is 5.05. The summed E-state index contributed by atoms with van der Waals surface area (Å²) in [5, 5.41) is 0. The summed E-state index contributed by atoms with van der Waals surface area (Å²) in [6.07, 6.45) is 2.56. The molecule has 1 atom stereocenters. The van der Waals surface area contributed by atoms with Crippen molar-refractivity contribution in [1.82, 2.24) is 0 Å². The Hall–Kier alpha value is -1.77. The molecule has 1 aromatic rings. The minimum absolute atomic E-state index is 0.190. The van der Waals surface area contributed by atoms with E-state index in [1.807, 2.05) is 36.1 Å². The zero-order valence-electron chi connectivity index (χ0n) is 8.43. The first kappa shape index (κ1) is 8.53. The highest BCUT2D eigenvalue weighted by atomic mass is 16.6. The van der Waals surface area contributed by atoms with E-state index in [1.54, 1.807) is 0 Å². The van der Waals surface area contributed by atoms with Crippen LogP contribution in [0.2, 0.25) is 0 Å². The average Bonchev–Trinajstić information content (AvgIpc) is 2.55. The van der Waals surface area contributed by atoms with Gasteiger partial charge in [0.25, 0.3) is 0 Å². The average molecular weight is 201 g/mol. The van der Waals surface area contributed by atoms with Crippen molar-refractivity contribution in [3.63, 3.8) is 0 Å². The maximum atomic E-state index is 11.5. The third-order valence-electron chi connectivity index (χ3n) is 2.88. The van der Waals surface area contributed by atoms with Gasteiger partial charge in [0.15, 0.2) is 6.23 Å². The first-order valence-corrected chi connectivity index (χ1v) is 5.05. The van der Waals surface area contributed by atoms with Crippen molar-refractivity contribution in [2.75, 3.05) is 4.90 Å². The van der Waals surface area contributed by atoms with Crippen LogP contribution in [0.1, 0.15) is 12.5 Å². The molecule has 2 heterocycles. The summed E-state index contributed by atoms with van der Waals surface area (Å²) >= 11 is 0. The molecular formula is C12H11NO2. The van der Waals surface area contributed by atoms with Crippen molar-refractivity contribution in [3.8, 4) is 0 Å². The molecule has 3 rings (SSSR count). The summed E-state index contributed by atoms with van der Waals surface area (Å²) in [6, 6.07) is 8.11. The molecule has 0 aliphatic carbocycles. The lowest BCUT2D eigenvalue weighted by molar-refractivity contribution is -0.138. The van der Waals surface area contributed by atoms with Crippen molar-refractivity contribution in [3.05, 3.63) is 41.6 Å². The molecule has 15 heavy (non-hydrogen) atoms. The quantitative estimate of drug-likeness (QED) is 0.600. The second-order valence-electron chi connectivity index (χ2n) is 3.80. The summed E-state index contributed by atoms with van der Waals surface area (Å²) in [7, 11) is 0. The van der Waals surface area contributed by atoms with Crippen LogP contribution < -0.4 is 4.90 Å². The van der Waals surface area contributed by atoms with Crippen LogP contribution in [0.4, 0.5) is 5.69 Å². The third kappa shape index (κ3) is 1.09. The van der Waals surface area contributed by atoms with Crippen LogP contribution in [-0.4, -0.2) is 12.2 Å². The lowest BCUT2D eigenvalue weighted by atomic mass is 10.0. The van der Waals surface area contributed by atoms with Crippen LogP contribution in [0.15, 0.2) is 36.0 Å². The van der Waals surface area contributed by atoms with E-state index < -0.39 is 0 Å². The molecule has 3 nitrogen and oxygen atoms in total. The summed E-state index contributed by atoms with van der Waals surface area (Å²) in [4.78, 5) is 13.5. The van der Waals surface area contributed by atoms with Crippen molar-refractivity contribution >= 4 is 11.7 Å². The maximum Gasteiger partial charge on any atom is 0.356 e. The molecule has 76 valence electrons. The van der Waals surface area contributed by atoms with E-state index in [9.17, 15) is 4.79 Å². The molecule has 2 aliphatic heterocycles. The standard InChI is InChI=1S/C12H11NO2/c1-8-13-10-5-3-2-4-9(10)6-7-11(13)12(14)15-8/h2-5,7-8H,6H2,1H3. The normalized spacial score (nSPS) is 23.0. The highest BCUT2D eigenvalue weighted by Crippen LogP contribution is 2.35. The van der Waals surface area contributed by atoms with Crippen molar-refractivity contribution in [1.29, 1.82) is 0 Å². The lowest BCUT2D eigenvalue weighted by Gasteiger charge is -2.26. The Morgan fingerprint density at radius 3 is 3.07 bits per heavy atom. The Kier molecular flexibility index (Phi) is 1.63. The van der Waals surface area contributed by atoms with E-state index in [0.717, 1.165) is 12.1 Å². The molecule has 0 saturated carbocycles. The predicted octanol–water partition coefficient (Wildman–Crippen LogP) is 1.84. The van der Waals surface area contributed by atoms with E-state index in [0.29, 0.717) is 5.70 Å². The highest BCUT2D eigenvalue weighted by molar-refractivity contribution is 5.97. The van der Waals surface area contributed by atoms with Crippen molar-refractivity contribution in [2.45, 2.75) is 19.6 Å². The number of nitrogens with zero attached hydrogens (tertiary/aromatic N) is 1. The fourth-order valence-corrected chi connectivity index (χ4v) is 2.19. The summed E-state index contributed by atoms with van der Waals surface area (Å²) in [5.74, 6) is -0.211. The van der Waals surface area contributed by atoms with Crippen molar-refractivity contribution < 1.29 is 9.53 Å². The lowest BCUT2D eigenvalue weighted by Crippen LogP contribution is -2.28. The van der Waals surface area contributed by atoms with Gasteiger partial charge in [-0.3, -0.25) is 4.90 Å². The second kappa shape index (κ2) is 2.86. The number of cyclic esters (lactones) is 1. The Morgan fingerprint density at radius 1 is 1.40 bits per heavy atom. The number of hydrogen-bond donors (Lipinski definition) is 0. The number of anilines is 1. The number of rotatable bonds is 0. The van der Waals surface area contributed by atoms with E-state index in [-0.39, 0.29) is 12.2 Å². The maximum absolute atomic E-state index is 11.5. The van der Waals surface area contributed by atoms with Gasteiger partial charge in [0.05, 0.1) is 0 Å². The van der Waals surface area contributed by atoms with Gasteiger partial charge >= 0.3 is 5.97 Å². The molecule has 1 unspecified atom stereocenters. The Labute approximate surface area is 88.0 Å². The minimum Gasteiger partial charge on any atom is -0.437 e. The molecule has 1 aromatic carbocycles. The fraction of sp³-hybridized carbons (Fsp3) is 0.250. The van der Waals surface area contributed by atoms with Crippen LogP contribution in [0.3, 0.4) is 0 Å². The first-order chi connectivity index (χ1) is 7.27. The molecule has 0 N–H and O–H groups in total. The molecule has 0 amide bonds. The Morgan fingerprint density at radius 2 is 2.20 bits per heavy atom. The number of carbonyl (C=O) groups excluding carboxylic acids is 1. The minimum atomic E-state index is -0.211. The Bertz CT molecular complexity index is 464. The van der Waals surface area contributed by atoms with Gasteiger partial charge in [-0.15, -0.1) is 0 Å². The highest BCUT2D eigenvalue weighted by Gasteiger charge is 2.37.